The van der Waals surface area contributed by atoms with Crippen molar-refractivity contribution in [3.8, 4) is 0 Å². The standard InChI is InChI=1S/C9H12N2O4S/c1-4-6(13)7(14)8(16-4)11-3-2-5(12)10-9(11)15/h2-4,6-8,13-14H,1H3,(H,10,12,15)/t4-,6+,7+,8+/m0/s1. The summed E-state index contributed by atoms with van der Waals surface area (Å²) < 4.78 is 1.23. The zero-order valence-electron chi connectivity index (χ0n) is 8.53. The summed E-state index contributed by atoms with van der Waals surface area (Å²) in [5, 5.41) is 18.6. The molecule has 1 aromatic heterocycles. The fourth-order valence-corrected chi connectivity index (χ4v) is 3.07. The minimum absolute atomic E-state index is 0.154. The average molecular weight is 244 g/mol. The van der Waals surface area contributed by atoms with Crippen LogP contribution in [0.15, 0.2) is 21.9 Å². The SMILES string of the molecule is C[C@@H]1S[C@@H](n2ccc(=O)[nH]c2=O)[C@H](O)[C@@H]1O. The Balaban J connectivity index is 2.39. The lowest BCUT2D eigenvalue weighted by Gasteiger charge is -2.17. The number of nitrogens with one attached hydrogen (secondary N) is 1. The van der Waals surface area contributed by atoms with Crippen LogP contribution in [0.5, 0.6) is 0 Å². The summed E-state index contributed by atoms with van der Waals surface area (Å²) in [6.45, 7) is 1.77. The molecule has 1 fully saturated rings. The van der Waals surface area contributed by atoms with Crippen molar-refractivity contribution < 1.29 is 10.2 Å². The molecule has 6 nitrogen and oxygen atoms in total. The number of nitrogens with zero attached hydrogens (tertiary/aromatic N) is 1. The Morgan fingerprint density at radius 3 is 2.56 bits per heavy atom. The highest BCUT2D eigenvalue weighted by Gasteiger charge is 2.41. The van der Waals surface area contributed by atoms with Crippen molar-refractivity contribution in [2.24, 2.45) is 0 Å². The van der Waals surface area contributed by atoms with Gasteiger partial charge in [-0.25, -0.2) is 4.79 Å². The first kappa shape index (κ1) is 11.4. The molecule has 0 spiro atoms. The van der Waals surface area contributed by atoms with Gasteiger partial charge in [0, 0.05) is 17.5 Å². The maximum atomic E-state index is 11.5. The van der Waals surface area contributed by atoms with Crippen molar-refractivity contribution >= 4 is 11.8 Å². The van der Waals surface area contributed by atoms with Crippen molar-refractivity contribution in [3.63, 3.8) is 0 Å². The lowest BCUT2D eigenvalue weighted by Crippen LogP contribution is -2.36. The van der Waals surface area contributed by atoms with Gasteiger partial charge in [-0.1, -0.05) is 6.92 Å². The second-order valence-electron chi connectivity index (χ2n) is 3.73. The molecule has 0 aromatic carbocycles. The molecule has 0 bridgehead atoms. The number of aliphatic hydroxyl groups is 2. The second kappa shape index (κ2) is 4.08. The van der Waals surface area contributed by atoms with E-state index in [0.29, 0.717) is 0 Å². The van der Waals surface area contributed by atoms with Crippen LogP contribution in [0, 0.1) is 0 Å². The van der Waals surface area contributed by atoms with Crippen molar-refractivity contribution in [1.29, 1.82) is 0 Å². The maximum absolute atomic E-state index is 11.5. The van der Waals surface area contributed by atoms with E-state index in [4.69, 9.17) is 0 Å². The average Bonchev–Trinajstić information content (AvgIpc) is 2.46. The van der Waals surface area contributed by atoms with Crippen LogP contribution in [-0.4, -0.2) is 37.2 Å². The monoisotopic (exact) mass is 244 g/mol. The van der Waals surface area contributed by atoms with Crippen molar-refractivity contribution in [3.05, 3.63) is 33.1 Å². The second-order valence-corrected chi connectivity index (χ2v) is 5.23. The third-order valence-corrected chi connectivity index (χ3v) is 4.10. The summed E-state index contributed by atoms with van der Waals surface area (Å²) in [6.07, 6.45) is -0.551. The van der Waals surface area contributed by atoms with Gasteiger partial charge in [-0.2, -0.15) is 0 Å². The zero-order chi connectivity index (χ0) is 11.9. The third-order valence-electron chi connectivity index (χ3n) is 2.60. The van der Waals surface area contributed by atoms with Gasteiger partial charge in [-0.3, -0.25) is 14.3 Å². The molecule has 2 rings (SSSR count). The van der Waals surface area contributed by atoms with E-state index in [9.17, 15) is 19.8 Å². The highest BCUT2D eigenvalue weighted by molar-refractivity contribution is 8.00. The molecule has 3 N–H and O–H groups in total. The van der Waals surface area contributed by atoms with Gasteiger partial charge in [0.05, 0.1) is 6.10 Å². The highest BCUT2D eigenvalue weighted by atomic mass is 32.2. The van der Waals surface area contributed by atoms with E-state index in [1.165, 1.54) is 28.6 Å². The molecule has 2 heterocycles. The topological polar surface area (TPSA) is 95.3 Å². The van der Waals surface area contributed by atoms with Gasteiger partial charge in [0.25, 0.3) is 5.56 Å². The number of thioether (sulfide) groups is 1. The lowest BCUT2D eigenvalue weighted by atomic mass is 10.1. The summed E-state index contributed by atoms with van der Waals surface area (Å²) in [5.74, 6) is 0. The Morgan fingerprint density at radius 2 is 2.06 bits per heavy atom. The van der Waals surface area contributed by atoms with E-state index in [0.717, 1.165) is 0 Å². The predicted octanol–water partition coefficient (Wildman–Crippen LogP) is -1.11. The normalized spacial score (nSPS) is 34.2. The van der Waals surface area contributed by atoms with E-state index in [-0.39, 0.29) is 5.25 Å². The molecule has 88 valence electrons. The molecule has 0 aliphatic carbocycles. The molecule has 0 radical (unpaired) electrons. The Bertz CT molecular complexity index is 497. The van der Waals surface area contributed by atoms with Crippen LogP contribution in [0.1, 0.15) is 12.3 Å². The van der Waals surface area contributed by atoms with Crippen molar-refractivity contribution in [2.75, 3.05) is 0 Å². The van der Waals surface area contributed by atoms with Crippen LogP contribution in [0.25, 0.3) is 0 Å². The fraction of sp³-hybridized carbons (Fsp3) is 0.556. The van der Waals surface area contributed by atoms with Gasteiger partial charge in [0.1, 0.15) is 11.5 Å². The molecule has 0 saturated carbocycles. The van der Waals surface area contributed by atoms with Gasteiger partial charge in [-0.05, 0) is 0 Å². The summed E-state index contributed by atoms with van der Waals surface area (Å²) in [5.41, 5.74) is -1.06. The third kappa shape index (κ3) is 1.81. The Labute approximate surface area is 94.9 Å². The molecule has 7 heteroatoms. The summed E-state index contributed by atoms with van der Waals surface area (Å²) in [4.78, 5) is 24.5. The van der Waals surface area contributed by atoms with E-state index in [1.54, 1.807) is 6.92 Å². The number of hydrogen-bond donors (Lipinski definition) is 3. The van der Waals surface area contributed by atoms with Crippen molar-refractivity contribution in [1.82, 2.24) is 9.55 Å². The summed E-state index contributed by atoms with van der Waals surface area (Å²) in [7, 11) is 0. The first-order valence-corrected chi connectivity index (χ1v) is 5.78. The minimum Gasteiger partial charge on any atom is -0.389 e. The first-order valence-electron chi connectivity index (χ1n) is 4.84. The molecular formula is C9H12N2O4S. The van der Waals surface area contributed by atoms with E-state index in [2.05, 4.69) is 4.98 Å². The van der Waals surface area contributed by atoms with Crippen molar-refractivity contribution in [2.45, 2.75) is 29.8 Å². The number of H-pyrrole nitrogens is 1. The van der Waals surface area contributed by atoms with Gasteiger partial charge in [0.15, 0.2) is 0 Å². The summed E-state index contributed by atoms with van der Waals surface area (Å²) in [6, 6.07) is 1.21. The number of aromatic nitrogens is 2. The molecule has 16 heavy (non-hydrogen) atoms. The maximum Gasteiger partial charge on any atom is 0.329 e. The first-order chi connectivity index (χ1) is 7.50. The van der Waals surface area contributed by atoms with Crippen LogP contribution in [0.3, 0.4) is 0 Å². The quantitative estimate of drug-likeness (QED) is 0.582. The number of aliphatic hydroxyl groups excluding tert-OH is 2. The number of hydrogen-bond acceptors (Lipinski definition) is 5. The number of rotatable bonds is 1. The molecule has 1 aromatic rings. The molecule has 4 atom stereocenters. The predicted molar refractivity (Wildman–Crippen MR) is 59.4 cm³/mol. The van der Waals surface area contributed by atoms with E-state index >= 15 is 0 Å². The van der Waals surface area contributed by atoms with Gasteiger partial charge in [0.2, 0.25) is 0 Å². The summed E-state index contributed by atoms with van der Waals surface area (Å²) >= 11 is 1.30. The van der Waals surface area contributed by atoms with Gasteiger partial charge in [-0.15, -0.1) is 11.8 Å². The molecule has 1 aliphatic heterocycles. The molecule has 1 saturated heterocycles. The zero-order valence-corrected chi connectivity index (χ0v) is 9.35. The van der Waals surface area contributed by atoms with E-state index in [1.807, 2.05) is 0 Å². The molecule has 0 amide bonds. The van der Waals surface area contributed by atoms with Gasteiger partial charge < -0.3 is 10.2 Å². The minimum atomic E-state index is -1.01. The molecule has 0 unspecified atom stereocenters. The Morgan fingerprint density at radius 1 is 1.38 bits per heavy atom. The van der Waals surface area contributed by atoms with Crippen LogP contribution in [-0.2, 0) is 0 Å². The molecule has 1 aliphatic rings. The van der Waals surface area contributed by atoms with E-state index < -0.39 is 28.8 Å². The smallest absolute Gasteiger partial charge is 0.329 e. The van der Waals surface area contributed by atoms with Crippen LogP contribution in [0.2, 0.25) is 0 Å². The Hall–Kier alpha value is -1.05. The fourth-order valence-electron chi connectivity index (χ4n) is 1.69. The largest absolute Gasteiger partial charge is 0.389 e. The van der Waals surface area contributed by atoms with Crippen LogP contribution >= 0.6 is 11.8 Å². The molecular weight excluding hydrogens is 232 g/mol. The van der Waals surface area contributed by atoms with Crippen LogP contribution in [0.4, 0.5) is 0 Å². The highest BCUT2D eigenvalue weighted by Crippen LogP contribution is 2.40. The lowest BCUT2D eigenvalue weighted by molar-refractivity contribution is 0.0193. The van der Waals surface area contributed by atoms with Crippen LogP contribution < -0.4 is 11.2 Å². The Kier molecular flexibility index (Phi) is 2.92. The number of aromatic amines is 1. The van der Waals surface area contributed by atoms with Gasteiger partial charge >= 0.3 is 5.69 Å².